The average Bonchev–Trinajstić information content (AvgIpc) is 2.28. The molecule has 0 saturated heterocycles. The first-order valence-corrected chi connectivity index (χ1v) is 7.27. The highest BCUT2D eigenvalue weighted by molar-refractivity contribution is 14.1. The van der Waals surface area contributed by atoms with Gasteiger partial charge in [-0.2, -0.15) is 0 Å². The molecule has 2 aromatic rings. The highest BCUT2D eigenvalue weighted by Crippen LogP contribution is 2.30. The maximum Gasteiger partial charge on any atom is 0.162 e. The second-order valence-electron chi connectivity index (χ2n) is 3.36. The molecule has 0 aliphatic rings. The molecule has 0 saturated carbocycles. The molecular formula is C11H6BrCl2IN2. The standard InChI is InChI=1S/C11H6BrCl2IN2/c1-5-9(15)10(14)17-11(16-5)7-4-6(12)2-3-8(7)13/h2-4H,1H3. The first-order valence-electron chi connectivity index (χ1n) is 4.64. The maximum absolute atomic E-state index is 6.13. The predicted octanol–water partition coefficient (Wildman–Crippen LogP) is 5.13. The second-order valence-corrected chi connectivity index (χ2v) is 6.12. The smallest absolute Gasteiger partial charge is 0.162 e. The van der Waals surface area contributed by atoms with Crippen molar-refractivity contribution in [2.24, 2.45) is 0 Å². The average molecular weight is 444 g/mol. The number of rotatable bonds is 1. The number of benzene rings is 1. The molecule has 88 valence electrons. The summed E-state index contributed by atoms with van der Waals surface area (Å²) in [7, 11) is 0. The zero-order valence-electron chi connectivity index (χ0n) is 8.64. The minimum absolute atomic E-state index is 0.448. The van der Waals surface area contributed by atoms with Crippen molar-refractivity contribution in [3.05, 3.63) is 42.1 Å². The van der Waals surface area contributed by atoms with Gasteiger partial charge in [0, 0.05) is 10.0 Å². The summed E-state index contributed by atoms with van der Waals surface area (Å²) in [4.78, 5) is 8.64. The third-order valence-electron chi connectivity index (χ3n) is 2.15. The van der Waals surface area contributed by atoms with E-state index < -0.39 is 0 Å². The summed E-state index contributed by atoms with van der Waals surface area (Å²) in [5, 5.41) is 1.05. The molecule has 0 radical (unpaired) electrons. The van der Waals surface area contributed by atoms with Gasteiger partial charge in [-0.15, -0.1) is 0 Å². The topological polar surface area (TPSA) is 25.8 Å². The van der Waals surface area contributed by atoms with Crippen LogP contribution in [-0.2, 0) is 0 Å². The van der Waals surface area contributed by atoms with E-state index in [1.165, 1.54) is 0 Å². The van der Waals surface area contributed by atoms with Crippen LogP contribution in [0.15, 0.2) is 22.7 Å². The minimum atomic E-state index is 0.448. The lowest BCUT2D eigenvalue weighted by Crippen LogP contribution is -1.97. The van der Waals surface area contributed by atoms with Crippen molar-refractivity contribution < 1.29 is 0 Å². The highest BCUT2D eigenvalue weighted by Gasteiger charge is 2.12. The van der Waals surface area contributed by atoms with Crippen LogP contribution in [0.1, 0.15) is 5.69 Å². The molecule has 0 aliphatic heterocycles. The molecule has 17 heavy (non-hydrogen) atoms. The van der Waals surface area contributed by atoms with E-state index in [4.69, 9.17) is 23.2 Å². The van der Waals surface area contributed by atoms with Crippen LogP contribution in [0.25, 0.3) is 11.4 Å². The number of nitrogens with zero attached hydrogens (tertiary/aromatic N) is 2. The van der Waals surface area contributed by atoms with Gasteiger partial charge in [0.05, 0.1) is 14.3 Å². The molecule has 1 heterocycles. The van der Waals surface area contributed by atoms with Crippen LogP contribution >= 0.6 is 61.7 Å². The van der Waals surface area contributed by atoms with Gasteiger partial charge < -0.3 is 0 Å². The molecule has 0 N–H and O–H groups in total. The van der Waals surface area contributed by atoms with Crippen LogP contribution in [0.4, 0.5) is 0 Å². The van der Waals surface area contributed by atoms with E-state index in [0.717, 1.165) is 19.3 Å². The van der Waals surface area contributed by atoms with Crippen LogP contribution in [-0.4, -0.2) is 9.97 Å². The molecule has 0 fully saturated rings. The van der Waals surface area contributed by atoms with Gasteiger partial charge in [0.2, 0.25) is 0 Å². The number of hydrogen-bond acceptors (Lipinski definition) is 2. The molecule has 2 rings (SSSR count). The monoisotopic (exact) mass is 442 g/mol. The molecule has 2 nitrogen and oxygen atoms in total. The summed E-state index contributed by atoms with van der Waals surface area (Å²) in [5.74, 6) is 0.541. The lowest BCUT2D eigenvalue weighted by molar-refractivity contribution is 1.09. The molecule has 0 unspecified atom stereocenters. The summed E-state index contributed by atoms with van der Waals surface area (Å²) in [5.41, 5.74) is 1.61. The van der Waals surface area contributed by atoms with Crippen molar-refractivity contribution in [1.29, 1.82) is 0 Å². The summed E-state index contributed by atoms with van der Waals surface area (Å²) >= 11 is 17.7. The Labute approximate surface area is 131 Å². The van der Waals surface area contributed by atoms with Gasteiger partial charge in [-0.1, -0.05) is 39.1 Å². The maximum atomic E-state index is 6.13. The Morgan fingerprint density at radius 3 is 2.59 bits per heavy atom. The quantitative estimate of drug-likeness (QED) is 0.451. The van der Waals surface area contributed by atoms with Gasteiger partial charge in [0.25, 0.3) is 0 Å². The van der Waals surface area contributed by atoms with E-state index in [-0.39, 0.29) is 0 Å². The number of aryl methyl sites for hydroxylation is 1. The first kappa shape index (κ1) is 13.5. The number of hydrogen-bond donors (Lipinski definition) is 0. The van der Waals surface area contributed by atoms with E-state index in [0.29, 0.717) is 16.0 Å². The van der Waals surface area contributed by atoms with Crippen molar-refractivity contribution in [3.63, 3.8) is 0 Å². The highest BCUT2D eigenvalue weighted by atomic mass is 127. The lowest BCUT2D eigenvalue weighted by Gasteiger charge is -2.07. The van der Waals surface area contributed by atoms with Crippen LogP contribution in [0.3, 0.4) is 0 Å². The van der Waals surface area contributed by atoms with Crippen molar-refractivity contribution in [1.82, 2.24) is 9.97 Å². The molecule has 0 amide bonds. The van der Waals surface area contributed by atoms with Crippen LogP contribution in [0.5, 0.6) is 0 Å². The predicted molar refractivity (Wildman–Crippen MR) is 82.6 cm³/mol. The first-order chi connectivity index (χ1) is 7.99. The van der Waals surface area contributed by atoms with Crippen LogP contribution in [0, 0.1) is 10.5 Å². The molecule has 0 bridgehead atoms. The van der Waals surface area contributed by atoms with Crippen LogP contribution in [0.2, 0.25) is 10.2 Å². The SMILES string of the molecule is Cc1nc(-c2cc(Br)ccc2Cl)nc(Cl)c1I. The summed E-state index contributed by atoms with van der Waals surface area (Å²) in [6.07, 6.45) is 0. The van der Waals surface area contributed by atoms with Crippen LogP contribution < -0.4 is 0 Å². The molecule has 1 aromatic heterocycles. The van der Waals surface area contributed by atoms with Crippen molar-refractivity contribution in [2.45, 2.75) is 6.92 Å². The Hall–Kier alpha value is 0.0900. The van der Waals surface area contributed by atoms with Gasteiger partial charge in [0.15, 0.2) is 5.82 Å². The van der Waals surface area contributed by atoms with Crippen molar-refractivity contribution >= 4 is 61.7 Å². The van der Waals surface area contributed by atoms with Gasteiger partial charge in [-0.05, 0) is 47.7 Å². The Morgan fingerprint density at radius 1 is 1.24 bits per heavy atom. The lowest BCUT2D eigenvalue weighted by atomic mass is 10.2. The Morgan fingerprint density at radius 2 is 1.94 bits per heavy atom. The van der Waals surface area contributed by atoms with E-state index in [1.54, 1.807) is 6.07 Å². The molecular weight excluding hydrogens is 438 g/mol. The summed E-state index contributed by atoms with van der Waals surface area (Å²) in [6, 6.07) is 5.54. The van der Waals surface area contributed by atoms with Gasteiger partial charge >= 0.3 is 0 Å². The molecule has 0 aliphatic carbocycles. The van der Waals surface area contributed by atoms with Crippen molar-refractivity contribution in [2.75, 3.05) is 0 Å². The fourth-order valence-electron chi connectivity index (χ4n) is 1.31. The number of halogens is 4. The minimum Gasteiger partial charge on any atom is -0.232 e. The van der Waals surface area contributed by atoms with Gasteiger partial charge in [-0.3, -0.25) is 0 Å². The number of aromatic nitrogens is 2. The summed E-state index contributed by atoms with van der Waals surface area (Å²) < 4.78 is 1.78. The van der Waals surface area contributed by atoms with E-state index in [1.807, 2.05) is 19.1 Å². The molecule has 6 heteroatoms. The third-order valence-corrected chi connectivity index (χ3v) is 4.85. The fraction of sp³-hybridized carbons (Fsp3) is 0.0909. The Bertz CT molecular complexity index is 567. The molecule has 1 aromatic carbocycles. The van der Waals surface area contributed by atoms with Gasteiger partial charge in [-0.25, -0.2) is 9.97 Å². The third kappa shape index (κ3) is 2.92. The molecule has 0 spiro atoms. The van der Waals surface area contributed by atoms with E-state index in [9.17, 15) is 0 Å². The normalized spacial score (nSPS) is 10.6. The fourth-order valence-corrected chi connectivity index (χ4v) is 2.33. The zero-order chi connectivity index (χ0) is 12.6. The largest absolute Gasteiger partial charge is 0.232 e. The van der Waals surface area contributed by atoms with E-state index in [2.05, 4.69) is 48.5 Å². The molecule has 0 atom stereocenters. The van der Waals surface area contributed by atoms with Gasteiger partial charge in [0.1, 0.15) is 5.15 Å². The zero-order valence-corrected chi connectivity index (χ0v) is 13.9. The summed E-state index contributed by atoms with van der Waals surface area (Å²) in [6.45, 7) is 1.89. The Balaban J connectivity index is 2.64. The second kappa shape index (κ2) is 5.38. The van der Waals surface area contributed by atoms with Crippen molar-refractivity contribution in [3.8, 4) is 11.4 Å². The van der Waals surface area contributed by atoms with E-state index >= 15 is 0 Å². The Kier molecular flexibility index (Phi) is 4.28.